The molecule has 2 aromatic heterocycles. The number of nitrogens with zero attached hydrogens (tertiary/aromatic N) is 3. The zero-order valence-electron chi connectivity index (χ0n) is 8.72. The van der Waals surface area contributed by atoms with E-state index < -0.39 is 0 Å². The number of ketones is 1. The van der Waals surface area contributed by atoms with Crippen LogP contribution < -0.4 is 0 Å². The van der Waals surface area contributed by atoms with Gasteiger partial charge in [-0.2, -0.15) is 0 Å². The van der Waals surface area contributed by atoms with Crippen LogP contribution in [0.25, 0.3) is 0 Å². The number of aromatic nitrogens is 3. The van der Waals surface area contributed by atoms with Crippen LogP contribution >= 0.6 is 15.9 Å². The number of aryl methyl sites for hydroxylation is 1. The van der Waals surface area contributed by atoms with Gasteiger partial charge in [0.15, 0.2) is 5.82 Å². The largest absolute Gasteiger partial charge is 0.332 e. The minimum absolute atomic E-state index is 0.0256. The molecule has 0 atom stereocenters. The number of hydrogen-bond donors (Lipinski definition) is 0. The second-order valence-electron chi connectivity index (χ2n) is 3.43. The highest BCUT2D eigenvalue weighted by molar-refractivity contribution is 9.10. The average Bonchev–Trinajstić information content (AvgIpc) is 2.68. The van der Waals surface area contributed by atoms with Gasteiger partial charge in [-0.15, -0.1) is 0 Å². The molecule has 0 unspecified atom stereocenters. The molecule has 0 aliphatic heterocycles. The van der Waals surface area contributed by atoms with E-state index in [1.54, 1.807) is 30.2 Å². The number of halogens is 1. The molecular weight excluding hydrogens is 270 g/mol. The molecule has 0 amide bonds. The van der Waals surface area contributed by atoms with Crippen LogP contribution in [0, 0.1) is 0 Å². The second kappa shape index (κ2) is 4.57. The molecule has 0 saturated carbocycles. The van der Waals surface area contributed by atoms with Crippen molar-refractivity contribution >= 4 is 21.7 Å². The lowest BCUT2D eigenvalue weighted by molar-refractivity contribution is 0.0979. The quantitative estimate of drug-likeness (QED) is 0.808. The first-order valence-corrected chi connectivity index (χ1v) is 5.57. The highest BCUT2D eigenvalue weighted by atomic mass is 79.9. The fraction of sp³-hybridized carbons (Fsp3) is 0.182. The summed E-state index contributed by atoms with van der Waals surface area (Å²) in [6.07, 6.45) is 5.32. The van der Waals surface area contributed by atoms with Crippen molar-refractivity contribution in [2.45, 2.75) is 6.42 Å². The summed E-state index contributed by atoms with van der Waals surface area (Å²) in [5.41, 5.74) is 0.746. The Balaban J connectivity index is 2.14. The Labute approximate surface area is 101 Å². The van der Waals surface area contributed by atoms with Crippen LogP contribution in [0.2, 0.25) is 0 Å². The fourth-order valence-electron chi connectivity index (χ4n) is 1.39. The number of carbonyl (C=O) groups excluding carboxylic acids is 1. The molecule has 0 spiro atoms. The monoisotopic (exact) mass is 279 g/mol. The van der Waals surface area contributed by atoms with Crippen LogP contribution in [0.5, 0.6) is 0 Å². The first kappa shape index (κ1) is 11.0. The van der Waals surface area contributed by atoms with Gasteiger partial charge in [0, 0.05) is 35.8 Å². The zero-order valence-corrected chi connectivity index (χ0v) is 10.3. The van der Waals surface area contributed by atoms with E-state index in [0.717, 1.165) is 10.2 Å². The predicted molar refractivity (Wildman–Crippen MR) is 63.2 cm³/mol. The van der Waals surface area contributed by atoms with Gasteiger partial charge < -0.3 is 4.57 Å². The van der Waals surface area contributed by atoms with Gasteiger partial charge in [-0.3, -0.25) is 9.78 Å². The number of rotatable bonds is 3. The maximum Gasteiger partial charge on any atom is 0.204 e. The predicted octanol–water partition coefficient (Wildman–Crippen LogP) is 2.00. The van der Waals surface area contributed by atoms with Crippen molar-refractivity contribution in [3.05, 3.63) is 46.7 Å². The summed E-state index contributed by atoms with van der Waals surface area (Å²) in [4.78, 5) is 20.0. The molecule has 0 aliphatic carbocycles. The van der Waals surface area contributed by atoms with Gasteiger partial charge in [-0.1, -0.05) is 0 Å². The van der Waals surface area contributed by atoms with Crippen molar-refractivity contribution in [3.63, 3.8) is 0 Å². The minimum Gasteiger partial charge on any atom is -0.332 e. The molecule has 16 heavy (non-hydrogen) atoms. The summed E-state index contributed by atoms with van der Waals surface area (Å²) in [5.74, 6) is 0.437. The molecule has 2 aromatic rings. The molecule has 0 bridgehead atoms. The summed E-state index contributed by atoms with van der Waals surface area (Å²) < 4.78 is 2.61. The summed E-state index contributed by atoms with van der Waals surface area (Å²) in [5, 5.41) is 0. The molecule has 5 heteroatoms. The van der Waals surface area contributed by atoms with Crippen LogP contribution in [0.4, 0.5) is 0 Å². The lowest BCUT2D eigenvalue weighted by Crippen LogP contribution is -2.10. The maximum atomic E-state index is 11.8. The van der Waals surface area contributed by atoms with Gasteiger partial charge in [0.25, 0.3) is 0 Å². The van der Waals surface area contributed by atoms with Crippen molar-refractivity contribution < 1.29 is 4.79 Å². The van der Waals surface area contributed by atoms with E-state index in [-0.39, 0.29) is 12.2 Å². The number of imidazole rings is 1. The van der Waals surface area contributed by atoms with Crippen LogP contribution in [0.15, 0.2) is 35.2 Å². The maximum absolute atomic E-state index is 11.8. The first-order chi connectivity index (χ1) is 7.66. The third-order valence-electron chi connectivity index (χ3n) is 2.20. The zero-order chi connectivity index (χ0) is 11.5. The van der Waals surface area contributed by atoms with E-state index in [1.807, 2.05) is 12.1 Å². The smallest absolute Gasteiger partial charge is 0.204 e. The first-order valence-electron chi connectivity index (χ1n) is 4.78. The lowest BCUT2D eigenvalue weighted by atomic mass is 10.2. The molecule has 2 heterocycles. The van der Waals surface area contributed by atoms with Crippen LogP contribution in [-0.2, 0) is 13.5 Å². The molecule has 0 saturated heterocycles. The molecule has 0 aliphatic rings. The molecule has 0 N–H and O–H groups in total. The number of carbonyl (C=O) groups is 1. The van der Waals surface area contributed by atoms with Gasteiger partial charge in [0.05, 0.1) is 6.42 Å². The van der Waals surface area contributed by atoms with E-state index in [0.29, 0.717) is 5.82 Å². The Morgan fingerprint density at radius 2 is 2.25 bits per heavy atom. The van der Waals surface area contributed by atoms with Gasteiger partial charge >= 0.3 is 0 Å². The molecule has 0 radical (unpaired) electrons. The summed E-state index contributed by atoms with van der Waals surface area (Å²) >= 11 is 3.30. The Morgan fingerprint density at radius 1 is 1.44 bits per heavy atom. The number of Topliss-reactive ketones (excluding diaryl/α,β-unsaturated/α-hetero) is 1. The fourth-order valence-corrected chi connectivity index (χ4v) is 1.62. The topological polar surface area (TPSA) is 47.8 Å². The van der Waals surface area contributed by atoms with Gasteiger partial charge in [0.1, 0.15) is 0 Å². The van der Waals surface area contributed by atoms with E-state index >= 15 is 0 Å². The van der Waals surface area contributed by atoms with Crippen molar-refractivity contribution in [2.24, 2.45) is 7.05 Å². The SMILES string of the molecule is Cn1ccnc1C(=O)Cc1ccc(Br)cn1. The third-order valence-corrected chi connectivity index (χ3v) is 2.67. The van der Waals surface area contributed by atoms with Crippen molar-refractivity contribution in [1.29, 1.82) is 0 Å². The Kier molecular flexibility index (Phi) is 3.14. The van der Waals surface area contributed by atoms with Crippen LogP contribution in [-0.4, -0.2) is 20.3 Å². The minimum atomic E-state index is -0.0256. The van der Waals surface area contributed by atoms with Crippen molar-refractivity contribution in [3.8, 4) is 0 Å². The van der Waals surface area contributed by atoms with Gasteiger partial charge in [-0.05, 0) is 28.1 Å². The molecular formula is C11H10BrN3O. The molecule has 2 rings (SSSR count). The average molecular weight is 280 g/mol. The Bertz CT molecular complexity index is 504. The van der Waals surface area contributed by atoms with Crippen molar-refractivity contribution in [1.82, 2.24) is 14.5 Å². The third kappa shape index (κ3) is 2.36. The standard InChI is InChI=1S/C11H10BrN3O/c1-15-5-4-13-11(15)10(16)6-9-3-2-8(12)7-14-9/h2-5,7H,6H2,1H3. The van der Waals surface area contributed by atoms with Gasteiger partial charge in [0.2, 0.25) is 5.78 Å². The normalized spacial score (nSPS) is 10.4. The Hall–Kier alpha value is -1.49. The van der Waals surface area contributed by atoms with Crippen LogP contribution in [0.1, 0.15) is 16.3 Å². The molecule has 0 aromatic carbocycles. The van der Waals surface area contributed by atoms with Crippen LogP contribution in [0.3, 0.4) is 0 Å². The summed E-state index contributed by atoms with van der Waals surface area (Å²) in [7, 11) is 1.80. The highest BCUT2D eigenvalue weighted by Gasteiger charge is 2.12. The molecule has 4 nitrogen and oxygen atoms in total. The van der Waals surface area contributed by atoms with Crippen molar-refractivity contribution in [2.75, 3.05) is 0 Å². The van der Waals surface area contributed by atoms with E-state index in [2.05, 4.69) is 25.9 Å². The molecule has 82 valence electrons. The highest BCUT2D eigenvalue weighted by Crippen LogP contribution is 2.09. The Morgan fingerprint density at radius 3 is 2.81 bits per heavy atom. The second-order valence-corrected chi connectivity index (χ2v) is 4.35. The lowest BCUT2D eigenvalue weighted by Gasteiger charge is -2.01. The summed E-state index contributed by atoms with van der Waals surface area (Å²) in [6.45, 7) is 0. The summed E-state index contributed by atoms with van der Waals surface area (Å²) in [6, 6.07) is 3.69. The van der Waals surface area contributed by atoms with Gasteiger partial charge in [-0.25, -0.2) is 4.98 Å². The number of pyridine rings is 1. The number of hydrogen-bond acceptors (Lipinski definition) is 3. The van der Waals surface area contributed by atoms with E-state index in [4.69, 9.17) is 0 Å². The van der Waals surface area contributed by atoms with E-state index in [1.165, 1.54) is 0 Å². The van der Waals surface area contributed by atoms with E-state index in [9.17, 15) is 4.79 Å². The molecule has 0 fully saturated rings.